The van der Waals surface area contributed by atoms with Crippen molar-refractivity contribution in [2.24, 2.45) is 11.8 Å². The van der Waals surface area contributed by atoms with Crippen LogP contribution in [0.15, 0.2) is 36.5 Å². The summed E-state index contributed by atoms with van der Waals surface area (Å²) >= 11 is 0. The van der Waals surface area contributed by atoms with Gasteiger partial charge in [-0.05, 0) is 93.0 Å². The van der Waals surface area contributed by atoms with E-state index in [9.17, 15) is 14.3 Å². The molecule has 2 aliphatic carbocycles. The van der Waals surface area contributed by atoms with E-state index < -0.39 is 23.3 Å². The molecule has 0 spiro atoms. The first-order chi connectivity index (χ1) is 19.9. The highest BCUT2D eigenvalue weighted by atomic mass is 19.1. The summed E-state index contributed by atoms with van der Waals surface area (Å²) in [6.07, 6.45) is 1.89. The number of halogens is 2. The Morgan fingerprint density at radius 3 is 2.45 bits per heavy atom. The van der Waals surface area contributed by atoms with E-state index in [1.807, 2.05) is 40.7 Å². The number of pyridine rings is 1. The first kappa shape index (κ1) is 29.9. The number of aryl methyl sites for hydroxylation is 2. The van der Waals surface area contributed by atoms with Crippen molar-refractivity contribution in [3.8, 4) is 22.8 Å². The molecule has 9 heteroatoms. The number of aliphatic hydroxyl groups is 2. The summed E-state index contributed by atoms with van der Waals surface area (Å²) in [5.74, 6) is -0.478. The minimum atomic E-state index is -0.852. The normalized spacial score (nSPS) is 19.6. The van der Waals surface area contributed by atoms with Gasteiger partial charge in [0.15, 0.2) is 0 Å². The van der Waals surface area contributed by atoms with Gasteiger partial charge in [-0.1, -0.05) is 0 Å². The third-order valence-electron chi connectivity index (χ3n) is 7.88. The van der Waals surface area contributed by atoms with E-state index in [4.69, 9.17) is 19.3 Å². The highest BCUT2D eigenvalue weighted by Crippen LogP contribution is 2.62. The van der Waals surface area contributed by atoms with Gasteiger partial charge >= 0.3 is 5.97 Å². The second-order valence-electron chi connectivity index (χ2n) is 12.3. The molecular formula is C33H37F2NO6. The first-order valence-corrected chi connectivity index (χ1v) is 14.2. The van der Waals surface area contributed by atoms with Crippen LogP contribution in [-0.2, 0) is 22.6 Å². The van der Waals surface area contributed by atoms with Crippen molar-refractivity contribution in [3.63, 3.8) is 0 Å². The lowest BCUT2D eigenvalue weighted by molar-refractivity contribution is -0.157. The number of aromatic nitrogens is 1. The molecule has 224 valence electrons. The topological polar surface area (TPSA) is 98.1 Å². The number of hydrogen-bond donors (Lipinski definition) is 2. The molecule has 1 heterocycles. The van der Waals surface area contributed by atoms with Crippen LogP contribution in [0.5, 0.6) is 11.6 Å². The van der Waals surface area contributed by atoms with E-state index in [-0.39, 0.29) is 61.1 Å². The predicted molar refractivity (Wildman–Crippen MR) is 152 cm³/mol. The fraction of sp³-hybridized carbons (Fsp3) is 0.455. The van der Waals surface area contributed by atoms with Gasteiger partial charge in [0, 0.05) is 41.8 Å². The van der Waals surface area contributed by atoms with Crippen LogP contribution in [0, 0.1) is 37.3 Å². The molecule has 5 rings (SSSR count). The molecule has 0 amide bonds. The van der Waals surface area contributed by atoms with Gasteiger partial charge in [0.1, 0.15) is 29.6 Å². The molecule has 2 N–H and O–H groups in total. The summed E-state index contributed by atoms with van der Waals surface area (Å²) in [6, 6.07) is 7.70. The van der Waals surface area contributed by atoms with Crippen LogP contribution in [0.3, 0.4) is 0 Å². The molecule has 0 aliphatic heterocycles. The van der Waals surface area contributed by atoms with Crippen LogP contribution in [0.1, 0.15) is 60.9 Å². The van der Waals surface area contributed by atoms with Gasteiger partial charge in [0.05, 0.1) is 25.2 Å². The van der Waals surface area contributed by atoms with Gasteiger partial charge in [0.25, 0.3) is 0 Å². The van der Waals surface area contributed by atoms with Crippen molar-refractivity contribution >= 4 is 5.97 Å². The third-order valence-corrected chi connectivity index (χ3v) is 7.88. The van der Waals surface area contributed by atoms with Gasteiger partial charge in [-0.15, -0.1) is 0 Å². The third kappa shape index (κ3) is 6.27. The first-order valence-electron chi connectivity index (χ1n) is 14.2. The quantitative estimate of drug-likeness (QED) is 0.302. The number of ether oxygens (including phenoxy) is 3. The Hall–Kier alpha value is -3.56. The SMILES string of the molecule is Cc1cc(OCC[C@H](O)CO)cc(C)c1-c1cc(COc2cc3c(cn2)C2C(C3)C2C(=O)OC(C)(C)C)c(F)cc1F. The van der Waals surface area contributed by atoms with E-state index in [1.54, 1.807) is 18.3 Å². The van der Waals surface area contributed by atoms with Crippen molar-refractivity contribution in [1.29, 1.82) is 0 Å². The Morgan fingerprint density at radius 1 is 1.07 bits per heavy atom. The maximum absolute atomic E-state index is 15.0. The van der Waals surface area contributed by atoms with E-state index in [0.717, 1.165) is 34.7 Å². The number of nitrogens with zero attached hydrogens (tertiary/aromatic N) is 1. The van der Waals surface area contributed by atoms with Crippen molar-refractivity contribution in [1.82, 2.24) is 4.98 Å². The summed E-state index contributed by atoms with van der Waals surface area (Å²) in [6.45, 7) is 8.97. The number of fused-ring (bicyclic) bond motifs is 3. The van der Waals surface area contributed by atoms with Gasteiger partial charge < -0.3 is 24.4 Å². The maximum atomic E-state index is 15.0. The Kier molecular flexibility index (Phi) is 8.27. The number of aliphatic hydroxyl groups excluding tert-OH is 2. The standard InChI is InChI=1S/C33H37F2NO6/c1-17-8-22(40-7-6-21(38)15-37)9-18(2)29(17)23-11-20(26(34)13-27(23)35)16-41-28-12-19-10-24-30(25(19)14-36-28)31(24)32(39)42-33(3,4)5/h8-9,11-14,21,24,30-31,37-38H,6-7,10,15-16H2,1-5H3/t21-,24?,30?,31?/m0/s1. The van der Waals surface area contributed by atoms with Gasteiger partial charge in [-0.3, -0.25) is 4.79 Å². The number of carbonyl (C=O) groups is 1. The van der Waals surface area contributed by atoms with Crippen molar-refractivity contribution in [3.05, 3.63) is 76.0 Å². The summed E-state index contributed by atoms with van der Waals surface area (Å²) < 4.78 is 47.0. The number of carbonyl (C=O) groups excluding carboxylic acids is 1. The van der Waals surface area contributed by atoms with Gasteiger partial charge in [-0.2, -0.15) is 0 Å². The van der Waals surface area contributed by atoms with Crippen LogP contribution in [0.25, 0.3) is 11.1 Å². The van der Waals surface area contributed by atoms with Crippen LogP contribution < -0.4 is 9.47 Å². The molecule has 0 bridgehead atoms. The molecule has 3 aromatic rings. The van der Waals surface area contributed by atoms with Crippen LogP contribution in [0.2, 0.25) is 0 Å². The molecule has 0 saturated heterocycles. The largest absolute Gasteiger partial charge is 0.493 e. The monoisotopic (exact) mass is 581 g/mol. The number of benzene rings is 2. The van der Waals surface area contributed by atoms with Crippen LogP contribution in [-0.4, -0.2) is 46.1 Å². The Morgan fingerprint density at radius 2 is 1.79 bits per heavy atom. The molecule has 1 aromatic heterocycles. The summed E-state index contributed by atoms with van der Waals surface area (Å²) in [5, 5.41) is 18.5. The number of rotatable bonds is 10. The van der Waals surface area contributed by atoms with E-state index >= 15 is 4.39 Å². The van der Waals surface area contributed by atoms with Gasteiger partial charge in [-0.25, -0.2) is 13.8 Å². The predicted octanol–water partition coefficient (Wildman–Crippen LogP) is 5.57. The second kappa shape index (κ2) is 11.6. The fourth-order valence-corrected chi connectivity index (χ4v) is 5.92. The minimum Gasteiger partial charge on any atom is -0.493 e. The zero-order valence-corrected chi connectivity index (χ0v) is 24.5. The Labute approximate surface area is 244 Å². The van der Waals surface area contributed by atoms with E-state index in [0.29, 0.717) is 17.2 Å². The smallest absolute Gasteiger partial charge is 0.310 e. The number of hydrogen-bond acceptors (Lipinski definition) is 7. The van der Waals surface area contributed by atoms with Crippen molar-refractivity contribution in [2.45, 2.75) is 71.7 Å². The second-order valence-corrected chi connectivity index (χ2v) is 12.3. The van der Waals surface area contributed by atoms with Crippen LogP contribution in [0.4, 0.5) is 8.78 Å². The molecule has 1 saturated carbocycles. The fourth-order valence-electron chi connectivity index (χ4n) is 5.92. The molecular weight excluding hydrogens is 544 g/mol. The zero-order valence-electron chi connectivity index (χ0n) is 24.5. The molecule has 4 atom stereocenters. The molecule has 42 heavy (non-hydrogen) atoms. The molecule has 2 aromatic carbocycles. The lowest BCUT2D eigenvalue weighted by atomic mass is 9.93. The highest BCUT2D eigenvalue weighted by Gasteiger charge is 2.60. The lowest BCUT2D eigenvalue weighted by Crippen LogP contribution is -2.26. The minimum absolute atomic E-state index is 0.115. The highest BCUT2D eigenvalue weighted by molar-refractivity contribution is 5.80. The summed E-state index contributed by atoms with van der Waals surface area (Å²) in [7, 11) is 0. The van der Waals surface area contributed by atoms with Crippen molar-refractivity contribution < 1.29 is 38.0 Å². The Bertz CT molecular complexity index is 1480. The van der Waals surface area contributed by atoms with E-state index in [2.05, 4.69) is 4.98 Å². The molecule has 3 unspecified atom stereocenters. The molecule has 7 nitrogen and oxygen atoms in total. The van der Waals surface area contributed by atoms with Crippen molar-refractivity contribution in [2.75, 3.05) is 13.2 Å². The lowest BCUT2D eigenvalue weighted by Gasteiger charge is -2.20. The molecule has 1 fully saturated rings. The Balaban J connectivity index is 1.27. The molecule has 0 radical (unpaired) electrons. The van der Waals surface area contributed by atoms with Crippen LogP contribution >= 0.6 is 0 Å². The summed E-state index contributed by atoms with van der Waals surface area (Å²) in [4.78, 5) is 16.9. The van der Waals surface area contributed by atoms with Gasteiger partial charge in [0.2, 0.25) is 5.88 Å². The molecule has 2 aliphatic rings. The number of esters is 1. The maximum Gasteiger partial charge on any atom is 0.310 e. The van der Waals surface area contributed by atoms with E-state index in [1.165, 1.54) is 6.07 Å². The average molecular weight is 582 g/mol. The summed E-state index contributed by atoms with van der Waals surface area (Å²) in [5.41, 5.74) is 4.13. The zero-order chi connectivity index (χ0) is 30.3. The average Bonchev–Trinajstić information content (AvgIpc) is 3.49.